The molecule has 0 amide bonds. The maximum absolute atomic E-state index is 10.3. The van der Waals surface area contributed by atoms with Crippen molar-refractivity contribution in [1.82, 2.24) is 4.90 Å². The van der Waals surface area contributed by atoms with E-state index < -0.39 is 0 Å². The lowest BCUT2D eigenvalue weighted by molar-refractivity contribution is 0.00662. The van der Waals surface area contributed by atoms with Crippen LogP contribution in [-0.2, 0) is 0 Å². The van der Waals surface area contributed by atoms with Crippen LogP contribution in [-0.4, -0.2) is 35.2 Å². The van der Waals surface area contributed by atoms with E-state index >= 15 is 0 Å². The molecular formula is C16H31NO. The molecule has 2 aliphatic rings. The zero-order chi connectivity index (χ0) is 13.0. The van der Waals surface area contributed by atoms with E-state index in [4.69, 9.17) is 0 Å². The average molecular weight is 253 g/mol. The first-order chi connectivity index (χ1) is 8.70. The van der Waals surface area contributed by atoms with Crippen molar-refractivity contribution in [3.8, 4) is 0 Å². The molecule has 106 valence electrons. The molecule has 1 aliphatic carbocycles. The normalized spacial score (nSPS) is 39.5. The molecule has 1 heterocycles. The van der Waals surface area contributed by atoms with Crippen LogP contribution in [0.4, 0.5) is 0 Å². The molecule has 1 aliphatic heterocycles. The van der Waals surface area contributed by atoms with Crippen molar-refractivity contribution in [3.05, 3.63) is 0 Å². The topological polar surface area (TPSA) is 23.5 Å². The molecule has 0 aromatic heterocycles. The van der Waals surface area contributed by atoms with Gasteiger partial charge in [0.05, 0.1) is 6.10 Å². The number of likely N-dealkylation sites (tertiary alicyclic amines) is 1. The van der Waals surface area contributed by atoms with Gasteiger partial charge >= 0.3 is 0 Å². The van der Waals surface area contributed by atoms with Crippen LogP contribution in [0.25, 0.3) is 0 Å². The van der Waals surface area contributed by atoms with Gasteiger partial charge in [0.15, 0.2) is 0 Å². The summed E-state index contributed by atoms with van der Waals surface area (Å²) in [7, 11) is 0. The Bertz CT molecular complexity index is 243. The summed E-state index contributed by atoms with van der Waals surface area (Å²) in [6.45, 7) is 7.08. The molecule has 1 saturated carbocycles. The maximum Gasteiger partial charge on any atom is 0.0695 e. The van der Waals surface area contributed by atoms with Crippen LogP contribution in [0.3, 0.4) is 0 Å². The largest absolute Gasteiger partial charge is 0.391 e. The zero-order valence-electron chi connectivity index (χ0n) is 12.3. The summed E-state index contributed by atoms with van der Waals surface area (Å²) in [6.07, 6.45) is 10.2. The van der Waals surface area contributed by atoms with E-state index in [2.05, 4.69) is 18.7 Å². The summed E-state index contributed by atoms with van der Waals surface area (Å²) in [5, 5.41) is 10.3. The summed E-state index contributed by atoms with van der Waals surface area (Å²) in [5.41, 5.74) is 0. The molecule has 0 spiro atoms. The van der Waals surface area contributed by atoms with E-state index in [1.54, 1.807) is 0 Å². The summed E-state index contributed by atoms with van der Waals surface area (Å²) in [4.78, 5) is 2.61. The van der Waals surface area contributed by atoms with Gasteiger partial charge in [-0.05, 0) is 63.5 Å². The standard InChI is InChI=1S/C16H31NO/c1-3-5-14-6-4-10-17(11-9-14)15-12-13(2)7-8-16(15)18/h13-16,18H,3-12H2,1-2H3. The van der Waals surface area contributed by atoms with E-state index in [1.807, 2.05) is 0 Å². The van der Waals surface area contributed by atoms with Crippen LogP contribution in [0, 0.1) is 11.8 Å². The van der Waals surface area contributed by atoms with Gasteiger partial charge in [-0.2, -0.15) is 0 Å². The molecule has 4 unspecified atom stereocenters. The third-order valence-corrected chi connectivity index (χ3v) is 5.09. The Kier molecular flexibility index (Phi) is 5.50. The first kappa shape index (κ1) is 14.3. The van der Waals surface area contributed by atoms with Crippen molar-refractivity contribution >= 4 is 0 Å². The quantitative estimate of drug-likeness (QED) is 0.833. The van der Waals surface area contributed by atoms with Gasteiger partial charge in [-0.15, -0.1) is 0 Å². The van der Waals surface area contributed by atoms with E-state index in [9.17, 15) is 5.11 Å². The number of aliphatic hydroxyl groups is 1. The lowest BCUT2D eigenvalue weighted by Crippen LogP contribution is -2.47. The van der Waals surface area contributed by atoms with Gasteiger partial charge in [0.1, 0.15) is 0 Å². The number of rotatable bonds is 3. The van der Waals surface area contributed by atoms with Gasteiger partial charge in [-0.25, -0.2) is 0 Å². The van der Waals surface area contributed by atoms with Crippen LogP contribution >= 0.6 is 0 Å². The molecule has 2 nitrogen and oxygen atoms in total. The number of hydrogen-bond acceptors (Lipinski definition) is 2. The molecule has 1 saturated heterocycles. The predicted molar refractivity (Wildman–Crippen MR) is 76.6 cm³/mol. The smallest absolute Gasteiger partial charge is 0.0695 e. The minimum absolute atomic E-state index is 0.0658. The van der Waals surface area contributed by atoms with Crippen LogP contribution in [0.2, 0.25) is 0 Å². The minimum Gasteiger partial charge on any atom is -0.391 e. The molecule has 18 heavy (non-hydrogen) atoms. The van der Waals surface area contributed by atoms with E-state index in [0.717, 1.165) is 18.3 Å². The highest BCUT2D eigenvalue weighted by Crippen LogP contribution is 2.30. The van der Waals surface area contributed by atoms with Crippen molar-refractivity contribution < 1.29 is 5.11 Å². The number of aliphatic hydroxyl groups excluding tert-OH is 1. The van der Waals surface area contributed by atoms with Gasteiger partial charge in [-0.3, -0.25) is 4.90 Å². The van der Waals surface area contributed by atoms with E-state index in [-0.39, 0.29) is 6.10 Å². The van der Waals surface area contributed by atoms with Gasteiger partial charge in [-0.1, -0.05) is 26.7 Å². The Hall–Kier alpha value is -0.0800. The Morgan fingerprint density at radius 3 is 2.72 bits per heavy atom. The molecule has 0 radical (unpaired) electrons. The number of nitrogens with zero attached hydrogens (tertiary/aromatic N) is 1. The molecule has 4 atom stereocenters. The SMILES string of the molecule is CCCC1CCCN(C2CC(C)CCC2O)CC1. The van der Waals surface area contributed by atoms with Gasteiger partial charge in [0, 0.05) is 6.04 Å². The summed E-state index contributed by atoms with van der Waals surface area (Å²) in [6, 6.07) is 0.453. The Morgan fingerprint density at radius 2 is 1.94 bits per heavy atom. The second-order valence-corrected chi connectivity index (χ2v) is 6.67. The summed E-state index contributed by atoms with van der Waals surface area (Å²) >= 11 is 0. The molecule has 0 aromatic rings. The number of hydrogen-bond donors (Lipinski definition) is 1. The van der Waals surface area contributed by atoms with Crippen molar-refractivity contribution in [3.63, 3.8) is 0 Å². The fraction of sp³-hybridized carbons (Fsp3) is 1.00. The third kappa shape index (κ3) is 3.71. The maximum atomic E-state index is 10.3. The van der Waals surface area contributed by atoms with Gasteiger partial charge < -0.3 is 5.11 Å². The molecule has 0 bridgehead atoms. The van der Waals surface area contributed by atoms with Gasteiger partial charge in [0.2, 0.25) is 0 Å². The lowest BCUT2D eigenvalue weighted by Gasteiger charge is -2.39. The van der Waals surface area contributed by atoms with Crippen molar-refractivity contribution in [1.29, 1.82) is 0 Å². The van der Waals surface area contributed by atoms with Crippen molar-refractivity contribution in [2.75, 3.05) is 13.1 Å². The molecular weight excluding hydrogens is 222 g/mol. The van der Waals surface area contributed by atoms with Crippen molar-refractivity contribution in [2.24, 2.45) is 11.8 Å². The van der Waals surface area contributed by atoms with Gasteiger partial charge in [0.25, 0.3) is 0 Å². The minimum atomic E-state index is -0.0658. The monoisotopic (exact) mass is 253 g/mol. The Balaban J connectivity index is 1.88. The Labute approximate surface area is 113 Å². The lowest BCUT2D eigenvalue weighted by atomic mass is 9.84. The summed E-state index contributed by atoms with van der Waals surface area (Å²) in [5.74, 6) is 1.74. The highest BCUT2D eigenvalue weighted by atomic mass is 16.3. The molecule has 2 fully saturated rings. The predicted octanol–water partition coefficient (Wildman–Crippen LogP) is 3.44. The van der Waals surface area contributed by atoms with Crippen molar-refractivity contribution in [2.45, 2.75) is 77.4 Å². The second-order valence-electron chi connectivity index (χ2n) is 6.67. The fourth-order valence-corrected chi connectivity index (χ4v) is 3.94. The summed E-state index contributed by atoms with van der Waals surface area (Å²) < 4.78 is 0. The third-order valence-electron chi connectivity index (χ3n) is 5.09. The van der Waals surface area contributed by atoms with Crippen LogP contribution in [0.1, 0.15) is 65.2 Å². The fourth-order valence-electron chi connectivity index (χ4n) is 3.94. The zero-order valence-corrected chi connectivity index (χ0v) is 12.3. The van der Waals surface area contributed by atoms with Crippen LogP contribution in [0.5, 0.6) is 0 Å². The molecule has 1 N–H and O–H groups in total. The average Bonchev–Trinajstić information content (AvgIpc) is 2.58. The molecule has 0 aromatic carbocycles. The highest BCUT2D eigenvalue weighted by molar-refractivity contribution is 4.87. The second kappa shape index (κ2) is 6.91. The van der Waals surface area contributed by atoms with Crippen LogP contribution in [0.15, 0.2) is 0 Å². The first-order valence-electron chi connectivity index (χ1n) is 8.12. The van der Waals surface area contributed by atoms with E-state index in [1.165, 1.54) is 58.0 Å². The molecule has 2 rings (SSSR count). The highest BCUT2D eigenvalue weighted by Gasteiger charge is 2.32. The van der Waals surface area contributed by atoms with E-state index in [0.29, 0.717) is 6.04 Å². The Morgan fingerprint density at radius 1 is 1.11 bits per heavy atom. The van der Waals surface area contributed by atoms with Crippen LogP contribution < -0.4 is 0 Å². The first-order valence-corrected chi connectivity index (χ1v) is 8.12. The molecule has 2 heteroatoms.